The van der Waals surface area contributed by atoms with Crippen LogP contribution in [0, 0.1) is 6.92 Å². The minimum absolute atomic E-state index is 0.139. The fourth-order valence-electron chi connectivity index (χ4n) is 3.06. The number of rotatable bonds is 5. The molecule has 2 aliphatic heterocycles. The number of hydrogen-bond acceptors (Lipinski definition) is 6. The van der Waals surface area contributed by atoms with Crippen LogP contribution in [0.15, 0.2) is 29.2 Å². The van der Waals surface area contributed by atoms with Gasteiger partial charge in [-0.25, -0.2) is 0 Å². The summed E-state index contributed by atoms with van der Waals surface area (Å²) >= 11 is 1.66. The summed E-state index contributed by atoms with van der Waals surface area (Å²) < 4.78 is 29.9. The quantitative estimate of drug-likeness (QED) is 0.738. The zero-order valence-corrected chi connectivity index (χ0v) is 16.6. The van der Waals surface area contributed by atoms with Crippen molar-refractivity contribution in [3.05, 3.63) is 29.8 Å². The first kappa shape index (κ1) is 19.1. The highest BCUT2D eigenvalue weighted by atomic mass is 32.2. The van der Waals surface area contributed by atoms with E-state index in [0.717, 1.165) is 4.90 Å². The second kappa shape index (κ2) is 7.18. The first-order valence-electron chi connectivity index (χ1n) is 8.63. The molecule has 2 fully saturated rings. The van der Waals surface area contributed by atoms with Gasteiger partial charge in [-0.3, -0.25) is 0 Å². The number of aryl methyl sites for hydroxylation is 1. The van der Waals surface area contributed by atoms with Crippen LogP contribution in [0.3, 0.4) is 0 Å². The molecule has 0 aliphatic carbocycles. The van der Waals surface area contributed by atoms with Crippen LogP contribution < -0.4 is 0 Å². The Balaban J connectivity index is 1.74. The van der Waals surface area contributed by atoms with E-state index in [1.54, 1.807) is 18.9 Å². The number of ether oxygens (including phenoxy) is 5. The molecule has 0 radical (unpaired) electrons. The van der Waals surface area contributed by atoms with Crippen LogP contribution in [0.2, 0.25) is 0 Å². The Labute approximate surface area is 154 Å². The molecule has 1 aromatic carbocycles. The van der Waals surface area contributed by atoms with E-state index in [0.29, 0.717) is 6.61 Å². The molecule has 0 amide bonds. The third-order valence-electron chi connectivity index (χ3n) is 4.42. The van der Waals surface area contributed by atoms with Gasteiger partial charge in [-0.1, -0.05) is 29.5 Å². The van der Waals surface area contributed by atoms with E-state index in [-0.39, 0.29) is 23.7 Å². The maximum absolute atomic E-state index is 6.15. The molecular weight excluding hydrogens is 340 g/mol. The molecule has 0 saturated carbocycles. The minimum atomic E-state index is -0.703. The Morgan fingerprint density at radius 1 is 1.12 bits per heavy atom. The number of benzene rings is 1. The van der Waals surface area contributed by atoms with Gasteiger partial charge >= 0.3 is 0 Å². The summed E-state index contributed by atoms with van der Waals surface area (Å²) in [6.45, 7) is 10.1. The van der Waals surface area contributed by atoms with Crippen LogP contribution in [-0.4, -0.2) is 49.0 Å². The molecule has 1 aromatic rings. The lowest BCUT2D eigenvalue weighted by molar-refractivity contribution is -0.265. The highest BCUT2D eigenvalue weighted by molar-refractivity contribution is 7.99. The van der Waals surface area contributed by atoms with Crippen molar-refractivity contribution in [2.45, 2.75) is 74.8 Å². The summed E-state index contributed by atoms with van der Waals surface area (Å²) in [6, 6.07) is 8.42. The maximum atomic E-state index is 6.15. The normalized spacial score (nSPS) is 31.8. The highest BCUT2D eigenvalue weighted by Gasteiger charge is 2.53. The van der Waals surface area contributed by atoms with Crippen LogP contribution in [0.4, 0.5) is 0 Å². The minimum Gasteiger partial charge on any atom is -0.362 e. The molecule has 3 rings (SSSR count). The second-order valence-corrected chi connectivity index (χ2v) is 8.63. The average molecular weight is 368 g/mol. The van der Waals surface area contributed by atoms with Crippen molar-refractivity contribution >= 4 is 11.8 Å². The van der Waals surface area contributed by atoms with Crippen LogP contribution in [0.1, 0.15) is 33.3 Å². The largest absolute Gasteiger partial charge is 0.362 e. The van der Waals surface area contributed by atoms with Crippen molar-refractivity contribution in [1.82, 2.24) is 0 Å². The van der Waals surface area contributed by atoms with E-state index < -0.39 is 11.6 Å². The maximum Gasteiger partial charge on any atom is 0.164 e. The summed E-state index contributed by atoms with van der Waals surface area (Å²) in [7, 11) is 1.63. The Hall–Kier alpha value is -0.630. The lowest BCUT2D eigenvalue weighted by atomic mass is 10.1. The van der Waals surface area contributed by atoms with Crippen molar-refractivity contribution in [3.8, 4) is 0 Å². The molecule has 2 aliphatic rings. The van der Waals surface area contributed by atoms with E-state index in [9.17, 15) is 0 Å². The number of fused-ring (bicyclic) bond motifs is 1. The number of methoxy groups -OCH3 is 1. The van der Waals surface area contributed by atoms with E-state index in [4.69, 9.17) is 23.7 Å². The Morgan fingerprint density at radius 3 is 2.40 bits per heavy atom. The molecule has 0 spiro atoms. The Bertz CT molecular complexity index is 586. The Morgan fingerprint density at radius 2 is 1.76 bits per heavy atom. The summed E-state index contributed by atoms with van der Waals surface area (Å²) in [4.78, 5) is 1.15. The van der Waals surface area contributed by atoms with Crippen LogP contribution >= 0.6 is 11.8 Å². The van der Waals surface area contributed by atoms with Gasteiger partial charge in [0, 0.05) is 12.0 Å². The summed E-state index contributed by atoms with van der Waals surface area (Å²) in [6.07, 6.45) is -0.634. The smallest absolute Gasteiger partial charge is 0.164 e. The van der Waals surface area contributed by atoms with Crippen molar-refractivity contribution in [2.75, 3.05) is 13.7 Å². The van der Waals surface area contributed by atoms with Gasteiger partial charge in [0.2, 0.25) is 0 Å². The first-order chi connectivity index (χ1) is 11.7. The Kier molecular flexibility index (Phi) is 5.49. The topological polar surface area (TPSA) is 46.2 Å². The fraction of sp³-hybridized carbons (Fsp3) is 0.684. The predicted molar refractivity (Wildman–Crippen MR) is 96.6 cm³/mol. The van der Waals surface area contributed by atoms with Crippen molar-refractivity contribution in [3.63, 3.8) is 0 Å². The second-order valence-electron chi connectivity index (χ2n) is 7.46. The van der Waals surface area contributed by atoms with E-state index in [1.165, 1.54) is 5.56 Å². The van der Waals surface area contributed by atoms with Gasteiger partial charge in [-0.2, -0.15) is 0 Å². The van der Waals surface area contributed by atoms with E-state index in [2.05, 4.69) is 31.2 Å². The lowest BCUT2D eigenvalue weighted by Gasteiger charge is -2.39. The van der Waals surface area contributed by atoms with E-state index in [1.807, 2.05) is 27.7 Å². The van der Waals surface area contributed by atoms with Gasteiger partial charge in [-0.15, -0.1) is 0 Å². The van der Waals surface area contributed by atoms with Gasteiger partial charge in [0.1, 0.15) is 23.7 Å². The summed E-state index contributed by atoms with van der Waals surface area (Å²) in [5.74, 6) is -1.36. The average Bonchev–Trinajstić information content (AvgIpc) is 2.88. The van der Waals surface area contributed by atoms with Gasteiger partial charge in [0.15, 0.2) is 11.6 Å². The monoisotopic (exact) mass is 368 g/mol. The van der Waals surface area contributed by atoms with Gasteiger partial charge in [-0.05, 0) is 46.8 Å². The molecule has 140 valence electrons. The molecular formula is C19H28O5S. The molecule has 25 heavy (non-hydrogen) atoms. The first-order valence-corrected chi connectivity index (χ1v) is 9.51. The van der Waals surface area contributed by atoms with Crippen LogP contribution in [0.25, 0.3) is 0 Å². The highest BCUT2D eigenvalue weighted by Crippen LogP contribution is 2.42. The molecule has 0 aromatic heterocycles. The fourth-order valence-corrected chi connectivity index (χ4v) is 4.11. The molecule has 4 atom stereocenters. The summed E-state index contributed by atoms with van der Waals surface area (Å²) in [5, 5.41) is 0. The summed E-state index contributed by atoms with van der Waals surface area (Å²) in [5.41, 5.74) is 1.10. The number of hydrogen-bond donors (Lipinski definition) is 0. The van der Waals surface area contributed by atoms with Gasteiger partial charge in [0.25, 0.3) is 0 Å². The number of thioether (sulfide) groups is 1. The molecule has 0 unspecified atom stereocenters. The van der Waals surface area contributed by atoms with Crippen LogP contribution in [-0.2, 0) is 23.7 Å². The zero-order valence-electron chi connectivity index (χ0n) is 15.8. The van der Waals surface area contributed by atoms with Crippen molar-refractivity contribution in [1.29, 1.82) is 0 Å². The molecule has 2 saturated heterocycles. The molecule has 0 bridgehead atoms. The molecule has 5 nitrogen and oxygen atoms in total. The lowest BCUT2D eigenvalue weighted by Crippen LogP contribution is -2.53. The predicted octanol–water partition coefficient (Wildman–Crippen LogP) is 3.73. The van der Waals surface area contributed by atoms with Gasteiger partial charge < -0.3 is 23.7 Å². The standard InChI is InChI=1S/C19H28O5S/c1-12-7-9-13(10-8-12)25-17-16-15(23-19(4,5)24-16)14(11-21-17)22-18(2,3)20-6/h7-10,14-17H,11H2,1-6H3/t14-,15+,16-,17+/m1/s1. The molecule has 2 heterocycles. The molecule has 0 N–H and O–H groups in total. The van der Waals surface area contributed by atoms with Crippen molar-refractivity contribution < 1.29 is 23.7 Å². The third kappa shape index (κ3) is 4.56. The van der Waals surface area contributed by atoms with Crippen LogP contribution in [0.5, 0.6) is 0 Å². The van der Waals surface area contributed by atoms with Gasteiger partial charge in [0.05, 0.1) is 6.61 Å². The third-order valence-corrected chi connectivity index (χ3v) is 5.60. The van der Waals surface area contributed by atoms with Crippen molar-refractivity contribution in [2.24, 2.45) is 0 Å². The van der Waals surface area contributed by atoms with E-state index >= 15 is 0 Å². The SMILES string of the molecule is COC(C)(C)O[C@@H]1CO[C@@H](Sc2ccc(C)cc2)[C@@H]2OC(C)(C)O[C@H]21. The zero-order chi connectivity index (χ0) is 18.2. The molecule has 6 heteroatoms.